The van der Waals surface area contributed by atoms with Gasteiger partial charge in [-0.25, -0.2) is 4.98 Å². The fraction of sp³-hybridized carbons (Fsp3) is 0.375. The van der Waals surface area contributed by atoms with E-state index in [9.17, 15) is 4.79 Å². The molecule has 2 heterocycles. The van der Waals surface area contributed by atoms with Gasteiger partial charge in [0, 0.05) is 44.6 Å². The molecule has 5 nitrogen and oxygen atoms in total. The summed E-state index contributed by atoms with van der Waals surface area (Å²) < 4.78 is 0. The van der Waals surface area contributed by atoms with Crippen LogP contribution in [0.25, 0.3) is 0 Å². The average Bonchev–Trinajstić information content (AvgIpc) is 3.02. The van der Waals surface area contributed by atoms with Crippen molar-refractivity contribution in [1.29, 1.82) is 0 Å². The van der Waals surface area contributed by atoms with Gasteiger partial charge in [-0.3, -0.25) is 9.69 Å². The lowest BCUT2D eigenvalue weighted by molar-refractivity contribution is -0.132. The number of piperazine rings is 1. The van der Waals surface area contributed by atoms with Crippen LogP contribution in [0.5, 0.6) is 0 Å². The van der Waals surface area contributed by atoms with Crippen LogP contribution in [-0.2, 0) is 17.8 Å². The summed E-state index contributed by atoms with van der Waals surface area (Å²) in [6, 6.07) is 10.5. The van der Waals surface area contributed by atoms with Crippen LogP contribution in [0.15, 0.2) is 42.9 Å². The normalized spacial score (nSPS) is 16.1. The van der Waals surface area contributed by atoms with Crippen molar-refractivity contribution in [2.45, 2.75) is 13.0 Å². The molecule has 5 heteroatoms. The highest BCUT2D eigenvalue weighted by atomic mass is 16.2. The third-order valence-corrected chi connectivity index (χ3v) is 3.87. The molecule has 3 rings (SSSR count). The molecule has 0 atom stereocenters. The molecular formula is C16H20N4O. The third-order valence-electron chi connectivity index (χ3n) is 3.87. The number of amides is 1. The molecule has 2 aromatic rings. The molecule has 1 fully saturated rings. The Balaban J connectivity index is 1.47. The Hall–Kier alpha value is -2.14. The summed E-state index contributed by atoms with van der Waals surface area (Å²) in [7, 11) is 0. The highest BCUT2D eigenvalue weighted by molar-refractivity contribution is 5.78. The average molecular weight is 284 g/mol. The first-order valence-corrected chi connectivity index (χ1v) is 7.32. The van der Waals surface area contributed by atoms with Crippen molar-refractivity contribution in [3.63, 3.8) is 0 Å². The monoisotopic (exact) mass is 284 g/mol. The first-order chi connectivity index (χ1) is 10.3. The minimum Gasteiger partial charge on any atom is -0.348 e. The number of hydrogen-bond acceptors (Lipinski definition) is 3. The smallest absolute Gasteiger partial charge is 0.228 e. The van der Waals surface area contributed by atoms with Crippen LogP contribution < -0.4 is 0 Å². The van der Waals surface area contributed by atoms with Crippen molar-refractivity contribution in [2.24, 2.45) is 0 Å². The maximum atomic E-state index is 12.2. The van der Waals surface area contributed by atoms with Gasteiger partial charge in [0.1, 0.15) is 0 Å². The van der Waals surface area contributed by atoms with E-state index in [-0.39, 0.29) is 5.91 Å². The van der Waals surface area contributed by atoms with Crippen LogP contribution in [0.3, 0.4) is 0 Å². The Morgan fingerprint density at radius 1 is 1.14 bits per heavy atom. The predicted octanol–water partition coefficient (Wildman–Crippen LogP) is 1.30. The number of carbonyl (C=O) groups excluding carboxylic acids is 1. The second kappa shape index (κ2) is 6.54. The van der Waals surface area contributed by atoms with Crippen molar-refractivity contribution >= 4 is 5.91 Å². The molecule has 1 aliphatic rings. The van der Waals surface area contributed by atoms with Crippen molar-refractivity contribution in [1.82, 2.24) is 19.8 Å². The summed E-state index contributed by atoms with van der Waals surface area (Å²) in [4.78, 5) is 23.5. The van der Waals surface area contributed by atoms with Gasteiger partial charge >= 0.3 is 0 Å². The number of aromatic amines is 1. The van der Waals surface area contributed by atoms with E-state index in [0.717, 1.165) is 38.4 Å². The van der Waals surface area contributed by atoms with Gasteiger partial charge in [0.15, 0.2) is 0 Å². The largest absolute Gasteiger partial charge is 0.348 e. The van der Waals surface area contributed by atoms with E-state index in [4.69, 9.17) is 0 Å². The Morgan fingerprint density at radius 2 is 1.90 bits per heavy atom. The predicted molar refractivity (Wildman–Crippen MR) is 80.6 cm³/mol. The molecule has 1 aliphatic heterocycles. The first-order valence-electron chi connectivity index (χ1n) is 7.32. The molecule has 1 saturated heterocycles. The summed E-state index contributed by atoms with van der Waals surface area (Å²) in [5.74, 6) is 0.179. The molecule has 0 unspecified atom stereocenters. The second-order valence-electron chi connectivity index (χ2n) is 5.40. The van der Waals surface area contributed by atoms with E-state index in [1.165, 1.54) is 5.56 Å². The van der Waals surface area contributed by atoms with E-state index in [0.29, 0.717) is 6.42 Å². The molecular weight excluding hydrogens is 264 g/mol. The Bertz CT molecular complexity index is 559. The molecule has 0 bridgehead atoms. The molecule has 0 aliphatic carbocycles. The number of nitrogens with zero attached hydrogens (tertiary/aromatic N) is 3. The Morgan fingerprint density at radius 3 is 2.57 bits per heavy atom. The minimum absolute atomic E-state index is 0.179. The molecule has 1 aromatic carbocycles. The summed E-state index contributed by atoms with van der Waals surface area (Å²) in [5, 5.41) is 0. The number of H-pyrrole nitrogens is 1. The lowest BCUT2D eigenvalue weighted by Gasteiger charge is -2.34. The summed E-state index contributed by atoms with van der Waals surface area (Å²) in [5.41, 5.74) is 2.21. The lowest BCUT2D eigenvalue weighted by Crippen LogP contribution is -2.48. The SMILES string of the molecule is O=C(Cc1cnc[nH]1)N1CCN(Cc2ccccc2)CC1. The molecule has 1 N–H and O–H groups in total. The summed E-state index contributed by atoms with van der Waals surface area (Å²) in [6.45, 7) is 4.44. The van der Waals surface area contributed by atoms with Crippen LogP contribution in [-0.4, -0.2) is 51.9 Å². The number of hydrogen-bond donors (Lipinski definition) is 1. The fourth-order valence-electron chi connectivity index (χ4n) is 2.65. The molecule has 0 spiro atoms. The highest BCUT2D eigenvalue weighted by Crippen LogP contribution is 2.09. The number of benzene rings is 1. The standard InChI is InChI=1S/C16H20N4O/c21-16(10-15-11-17-13-18-15)20-8-6-19(7-9-20)12-14-4-2-1-3-5-14/h1-5,11,13H,6-10,12H2,(H,17,18). The zero-order valence-corrected chi connectivity index (χ0v) is 12.0. The zero-order valence-electron chi connectivity index (χ0n) is 12.0. The van der Waals surface area contributed by atoms with Crippen LogP contribution in [0.1, 0.15) is 11.3 Å². The topological polar surface area (TPSA) is 52.2 Å². The van der Waals surface area contributed by atoms with Gasteiger partial charge in [-0.15, -0.1) is 0 Å². The maximum absolute atomic E-state index is 12.2. The van der Waals surface area contributed by atoms with E-state index >= 15 is 0 Å². The van der Waals surface area contributed by atoms with Crippen LogP contribution in [0.2, 0.25) is 0 Å². The van der Waals surface area contributed by atoms with Crippen molar-refractivity contribution < 1.29 is 4.79 Å². The molecule has 110 valence electrons. The van der Waals surface area contributed by atoms with E-state index in [1.54, 1.807) is 12.5 Å². The second-order valence-corrected chi connectivity index (χ2v) is 5.40. The molecule has 1 amide bonds. The lowest BCUT2D eigenvalue weighted by atomic mass is 10.2. The maximum Gasteiger partial charge on any atom is 0.228 e. The van der Waals surface area contributed by atoms with Crippen LogP contribution >= 0.6 is 0 Å². The van der Waals surface area contributed by atoms with Gasteiger partial charge < -0.3 is 9.88 Å². The number of nitrogens with one attached hydrogen (secondary N) is 1. The van der Waals surface area contributed by atoms with Gasteiger partial charge in [0.2, 0.25) is 5.91 Å². The third kappa shape index (κ3) is 3.70. The number of rotatable bonds is 4. The number of aromatic nitrogens is 2. The van der Waals surface area contributed by atoms with Gasteiger partial charge in [-0.05, 0) is 5.56 Å². The highest BCUT2D eigenvalue weighted by Gasteiger charge is 2.21. The van der Waals surface area contributed by atoms with E-state index < -0.39 is 0 Å². The molecule has 21 heavy (non-hydrogen) atoms. The zero-order chi connectivity index (χ0) is 14.5. The molecule has 0 saturated carbocycles. The van der Waals surface area contributed by atoms with Crippen LogP contribution in [0, 0.1) is 0 Å². The van der Waals surface area contributed by atoms with Crippen molar-refractivity contribution in [2.75, 3.05) is 26.2 Å². The fourth-order valence-corrected chi connectivity index (χ4v) is 2.65. The Kier molecular flexibility index (Phi) is 4.31. The molecule has 1 aromatic heterocycles. The Labute approximate surface area is 124 Å². The van der Waals surface area contributed by atoms with Gasteiger partial charge in [0.05, 0.1) is 12.7 Å². The summed E-state index contributed by atoms with van der Waals surface area (Å²) >= 11 is 0. The first kappa shape index (κ1) is 13.8. The minimum atomic E-state index is 0.179. The van der Waals surface area contributed by atoms with Gasteiger partial charge in [-0.1, -0.05) is 30.3 Å². The van der Waals surface area contributed by atoms with E-state index in [1.807, 2.05) is 11.0 Å². The van der Waals surface area contributed by atoms with Gasteiger partial charge in [-0.2, -0.15) is 0 Å². The van der Waals surface area contributed by atoms with Crippen molar-refractivity contribution in [3.8, 4) is 0 Å². The van der Waals surface area contributed by atoms with Gasteiger partial charge in [0.25, 0.3) is 0 Å². The van der Waals surface area contributed by atoms with Crippen LogP contribution in [0.4, 0.5) is 0 Å². The summed E-state index contributed by atoms with van der Waals surface area (Å²) in [6.07, 6.45) is 3.74. The van der Waals surface area contributed by atoms with Crippen molar-refractivity contribution in [3.05, 3.63) is 54.1 Å². The van der Waals surface area contributed by atoms with E-state index in [2.05, 4.69) is 39.1 Å². The quantitative estimate of drug-likeness (QED) is 0.920. The number of imidazole rings is 1. The molecule has 0 radical (unpaired) electrons. The number of carbonyl (C=O) groups is 1.